The lowest BCUT2D eigenvalue weighted by Crippen LogP contribution is -2.16. The van der Waals surface area contributed by atoms with E-state index in [9.17, 15) is 0 Å². The maximum atomic E-state index is 6.07. The molecule has 1 atom stereocenters. The first kappa shape index (κ1) is 12.4. The van der Waals surface area contributed by atoms with E-state index in [0.717, 1.165) is 23.9 Å². The molecule has 1 aliphatic heterocycles. The van der Waals surface area contributed by atoms with Gasteiger partial charge in [0.2, 0.25) is 0 Å². The topological polar surface area (TPSA) is 53.5 Å². The molecule has 1 aliphatic rings. The number of fused-ring (bicyclic) bond motifs is 1. The van der Waals surface area contributed by atoms with Crippen LogP contribution in [0.2, 0.25) is 5.15 Å². The minimum atomic E-state index is 0.0507. The van der Waals surface area contributed by atoms with Crippen LogP contribution in [0.3, 0.4) is 0 Å². The van der Waals surface area contributed by atoms with E-state index < -0.39 is 0 Å². The summed E-state index contributed by atoms with van der Waals surface area (Å²) < 4.78 is 16.5. The Balaban J connectivity index is 2.03. The second kappa shape index (κ2) is 5.19. The van der Waals surface area contributed by atoms with Gasteiger partial charge in [-0.05, 0) is 6.07 Å². The molecule has 3 rings (SSSR count). The molecule has 0 spiro atoms. The number of ether oxygens (including phenoxy) is 3. The molecule has 0 aliphatic carbocycles. The summed E-state index contributed by atoms with van der Waals surface area (Å²) in [5, 5.41) is 1.15. The van der Waals surface area contributed by atoms with Crippen LogP contribution in [0.4, 0.5) is 0 Å². The summed E-state index contributed by atoms with van der Waals surface area (Å²) in [7, 11) is 1.60. The van der Waals surface area contributed by atoms with E-state index in [1.165, 1.54) is 6.33 Å². The molecule has 2 aromatic rings. The van der Waals surface area contributed by atoms with Crippen molar-refractivity contribution in [2.45, 2.75) is 12.5 Å². The SMILES string of the molecule is COc1cc2ncnc(Cl)c2cc1O[C@@H]1CCOC1. The van der Waals surface area contributed by atoms with Crippen LogP contribution in [-0.4, -0.2) is 36.4 Å². The maximum absolute atomic E-state index is 6.07. The van der Waals surface area contributed by atoms with Crippen molar-refractivity contribution in [2.24, 2.45) is 0 Å². The summed E-state index contributed by atoms with van der Waals surface area (Å²) >= 11 is 6.07. The van der Waals surface area contributed by atoms with Gasteiger partial charge in [0, 0.05) is 17.9 Å². The number of halogens is 1. The fourth-order valence-electron chi connectivity index (χ4n) is 2.07. The van der Waals surface area contributed by atoms with E-state index in [0.29, 0.717) is 23.3 Å². The Bertz CT molecular complexity index is 600. The van der Waals surface area contributed by atoms with Gasteiger partial charge in [0.05, 0.1) is 25.8 Å². The van der Waals surface area contributed by atoms with E-state index in [1.54, 1.807) is 13.2 Å². The van der Waals surface area contributed by atoms with Crippen molar-refractivity contribution < 1.29 is 14.2 Å². The van der Waals surface area contributed by atoms with Crippen LogP contribution in [0, 0.1) is 0 Å². The Kier molecular flexibility index (Phi) is 3.40. The second-order valence-electron chi connectivity index (χ2n) is 4.29. The Morgan fingerprint density at radius 1 is 1.32 bits per heavy atom. The average molecular weight is 281 g/mol. The summed E-state index contributed by atoms with van der Waals surface area (Å²) in [5.74, 6) is 1.27. The van der Waals surface area contributed by atoms with Gasteiger partial charge in [-0.25, -0.2) is 9.97 Å². The second-order valence-corrected chi connectivity index (χ2v) is 4.65. The van der Waals surface area contributed by atoms with E-state index in [1.807, 2.05) is 6.07 Å². The van der Waals surface area contributed by atoms with Crippen LogP contribution in [0.15, 0.2) is 18.5 Å². The number of rotatable bonds is 3. The molecule has 19 heavy (non-hydrogen) atoms. The summed E-state index contributed by atoms with van der Waals surface area (Å²) in [6, 6.07) is 3.61. The van der Waals surface area contributed by atoms with E-state index in [-0.39, 0.29) is 6.10 Å². The predicted molar refractivity (Wildman–Crippen MR) is 71.0 cm³/mol. The highest BCUT2D eigenvalue weighted by molar-refractivity contribution is 6.34. The van der Waals surface area contributed by atoms with Gasteiger partial charge in [-0.3, -0.25) is 0 Å². The van der Waals surface area contributed by atoms with Crippen LogP contribution < -0.4 is 9.47 Å². The van der Waals surface area contributed by atoms with Crippen molar-refractivity contribution in [3.8, 4) is 11.5 Å². The summed E-state index contributed by atoms with van der Waals surface area (Å²) in [5.41, 5.74) is 0.729. The van der Waals surface area contributed by atoms with Crippen LogP contribution in [-0.2, 0) is 4.74 Å². The summed E-state index contributed by atoms with van der Waals surface area (Å²) in [6.45, 7) is 1.32. The van der Waals surface area contributed by atoms with Crippen molar-refractivity contribution >= 4 is 22.5 Å². The van der Waals surface area contributed by atoms with Crippen LogP contribution >= 0.6 is 11.6 Å². The zero-order valence-electron chi connectivity index (χ0n) is 10.4. The quantitative estimate of drug-likeness (QED) is 0.809. The van der Waals surface area contributed by atoms with Crippen molar-refractivity contribution in [2.75, 3.05) is 20.3 Å². The molecule has 1 aromatic heterocycles. The first-order valence-electron chi connectivity index (χ1n) is 6.00. The van der Waals surface area contributed by atoms with Gasteiger partial charge >= 0.3 is 0 Å². The molecular weight excluding hydrogens is 268 g/mol. The van der Waals surface area contributed by atoms with Crippen LogP contribution in [0.5, 0.6) is 11.5 Å². The van der Waals surface area contributed by atoms with Gasteiger partial charge in [0.15, 0.2) is 11.5 Å². The molecule has 1 saturated heterocycles. The molecule has 2 heterocycles. The van der Waals surface area contributed by atoms with E-state index >= 15 is 0 Å². The van der Waals surface area contributed by atoms with Crippen molar-refractivity contribution in [3.05, 3.63) is 23.6 Å². The fourth-order valence-corrected chi connectivity index (χ4v) is 2.26. The number of aromatic nitrogens is 2. The lowest BCUT2D eigenvalue weighted by molar-refractivity contribution is 0.139. The molecule has 1 aromatic carbocycles. The molecular formula is C13H13ClN2O3. The van der Waals surface area contributed by atoms with Gasteiger partial charge < -0.3 is 14.2 Å². The Morgan fingerprint density at radius 3 is 2.95 bits per heavy atom. The molecule has 0 radical (unpaired) electrons. The Morgan fingerprint density at radius 2 is 2.21 bits per heavy atom. The minimum absolute atomic E-state index is 0.0507. The highest BCUT2D eigenvalue weighted by Gasteiger charge is 2.20. The lowest BCUT2D eigenvalue weighted by atomic mass is 10.2. The van der Waals surface area contributed by atoms with E-state index in [2.05, 4.69) is 9.97 Å². The molecule has 0 bridgehead atoms. The average Bonchev–Trinajstić information content (AvgIpc) is 2.92. The molecule has 0 amide bonds. The first-order chi connectivity index (χ1) is 9.28. The van der Waals surface area contributed by atoms with Gasteiger partial charge in [-0.15, -0.1) is 0 Å². The van der Waals surface area contributed by atoms with Crippen molar-refractivity contribution in [1.82, 2.24) is 9.97 Å². The maximum Gasteiger partial charge on any atom is 0.162 e. The number of methoxy groups -OCH3 is 1. The zero-order chi connectivity index (χ0) is 13.2. The Hall–Kier alpha value is -1.59. The standard InChI is InChI=1S/C13H13ClN2O3/c1-17-11-5-10-9(13(14)16-7-15-10)4-12(11)19-8-2-3-18-6-8/h4-5,7-8H,2-3,6H2,1H3/t8-/m1/s1. The summed E-state index contributed by atoms with van der Waals surface area (Å²) in [6.07, 6.45) is 2.35. The third-order valence-electron chi connectivity index (χ3n) is 3.05. The monoisotopic (exact) mass is 280 g/mol. The van der Waals surface area contributed by atoms with Crippen LogP contribution in [0.25, 0.3) is 10.9 Å². The third-order valence-corrected chi connectivity index (χ3v) is 3.35. The molecule has 6 heteroatoms. The molecule has 1 fully saturated rings. The number of nitrogens with zero attached hydrogens (tertiary/aromatic N) is 2. The third kappa shape index (κ3) is 2.43. The van der Waals surface area contributed by atoms with Gasteiger partial charge in [0.25, 0.3) is 0 Å². The first-order valence-corrected chi connectivity index (χ1v) is 6.38. The fraction of sp³-hybridized carbons (Fsp3) is 0.385. The molecule has 0 N–H and O–H groups in total. The highest BCUT2D eigenvalue weighted by Crippen LogP contribution is 2.34. The zero-order valence-corrected chi connectivity index (χ0v) is 11.2. The largest absolute Gasteiger partial charge is 0.493 e. The van der Waals surface area contributed by atoms with Crippen molar-refractivity contribution in [3.63, 3.8) is 0 Å². The number of hydrogen-bond donors (Lipinski definition) is 0. The highest BCUT2D eigenvalue weighted by atomic mass is 35.5. The molecule has 5 nitrogen and oxygen atoms in total. The smallest absolute Gasteiger partial charge is 0.162 e. The predicted octanol–water partition coefficient (Wildman–Crippen LogP) is 2.46. The number of benzene rings is 1. The van der Waals surface area contributed by atoms with Crippen molar-refractivity contribution in [1.29, 1.82) is 0 Å². The molecule has 0 unspecified atom stereocenters. The van der Waals surface area contributed by atoms with Gasteiger partial charge in [-0.1, -0.05) is 11.6 Å². The molecule has 0 saturated carbocycles. The minimum Gasteiger partial charge on any atom is -0.493 e. The van der Waals surface area contributed by atoms with E-state index in [4.69, 9.17) is 25.8 Å². The summed E-state index contributed by atoms with van der Waals surface area (Å²) in [4.78, 5) is 8.14. The lowest BCUT2D eigenvalue weighted by Gasteiger charge is -2.15. The van der Waals surface area contributed by atoms with Gasteiger partial charge in [0.1, 0.15) is 17.6 Å². The normalized spacial score (nSPS) is 18.7. The molecule has 100 valence electrons. The van der Waals surface area contributed by atoms with Gasteiger partial charge in [-0.2, -0.15) is 0 Å². The van der Waals surface area contributed by atoms with Crippen LogP contribution in [0.1, 0.15) is 6.42 Å². The number of hydrogen-bond acceptors (Lipinski definition) is 5. The Labute approximate surface area is 115 Å².